The molecular formula is C11H10BrF3N2O4. The van der Waals surface area contributed by atoms with Gasteiger partial charge in [0.25, 0.3) is 5.69 Å². The van der Waals surface area contributed by atoms with E-state index in [1.807, 2.05) is 0 Å². The van der Waals surface area contributed by atoms with E-state index in [1.165, 1.54) is 20.1 Å². The molecule has 10 heteroatoms. The largest absolute Gasteiger partial charge is 0.496 e. The molecule has 0 saturated heterocycles. The van der Waals surface area contributed by atoms with Gasteiger partial charge in [-0.15, -0.1) is 0 Å². The van der Waals surface area contributed by atoms with E-state index in [1.54, 1.807) is 0 Å². The summed E-state index contributed by atoms with van der Waals surface area (Å²) in [6.45, 7) is 0.897. The molecule has 0 aliphatic rings. The van der Waals surface area contributed by atoms with Gasteiger partial charge in [0.1, 0.15) is 11.4 Å². The number of halogens is 4. The van der Waals surface area contributed by atoms with Crippen LogP contribution in [0.25, 0.3) is 0 Å². The van der Waals surface area contributed by atoms with E-state index in [-0.39, 0.29) is 16.8 Å². The zero-order valence-electron chi connectivity index (χ0n) is 10.9. The number of ether oxygens (including phenoxy) is 1. The number of nitro groups is 1. The molecule has 0 atom stereocenters. The van der Waals surface area contributed by atoms with Crippen LogP contribution in [0.5, 0.6) is 5.75 Å². The van der Waals surface area contributed by atoms with Crippen molar-refractivity contribution in [2.75, 3.05) is 18.6 Å². The molecule has 0 N–H and O–H groups in total. The second kappa shape index (κ2) is 6.29. The molecule has 6 nitrogen and oxygen atoms in total. The number of rotatable bonds is 4. The van der Waals surface area contributed by atoms with Crippen LogP contribution in [-0.4, -0.2) is 30.7 Å². The van der Waals surface area contributed by atoms with Crippen molar-refractivity contribution in [1.82, 2.24) is 0 Å². The topological polar surface area (TPSA) is 72.7 Å². The Kier molecular flexibility index (Phi) is 5.15. The smallest absolute Gasteiger partial charge is 0.471 e. The number of benzene rings is 1. The predicted molar refractivity (Wildman–Crippen MR) is 71.4 cm³/mol. The first-order chi connectivity index (χ1) is 9.63. The number of nitro benzene ring substituents is 1. The van der Waals surface area contributed by atoms with E-state index >= 15 is 0 Å². The van der Waals surface area contributed by atoms with Gasteiger partial charge in [-0.25, -0.2) is 0 Å². The summed E-state index contributed by atoms with van der Waals surface area (Å²) in [7, 11) is 1.25. The van der Waals surface area contributed by atoms with Crippen molar-refractivity contribution in [2.24, 2.45) is 0 Å². The van der Waals surface area contributed by atoms with Crippen molar-refractivity contribution in [2.45, 2.75) is 13.1 Å². The van der Waals surface area contributed by atoms with Gasteiger partial charge in [-0.2, -0.15) is 13.2 Å². The van der Waals surface area contributed by atoms with Gasteiger partial charge in [0.05, 0.1) is 22.6 Å². The Balaban J connectivity index is 3.52. The Bertz CT molecular complexity index is 577. The third kappa shape index (κ3) is 3.63. The van der Waals surface area contributed by atoms with Crippen LogP contribution >= 0.6 is 15.9 Å². The van der Waals surface area contributed by atoms with Crippen LogP contribution in [0, 0.1) is 10.1 Å². The average Bonchev–Trinajstić information content (AvgIpc) is 2.39. The molecule has 0 aromatic heterocycles. The number of carbonyl (C=O) groups is 1. The molecule has 0 bridgehead atoms. The number of carbonyl (C=O) groups excluding carboxylic acids is 1. The number of nitrogens with zero attached hydrogens (tertiary/aromatic N) is 2. The summed E-state index contributed by atoms with van der Waals surface area (Å²) in [5.74, 6) is -2.10. The van der Waals surface area contributed by atoms with Crippen LogP contribution in [0.1, 0.15) is 6.92 Å². The minimum atomic E-state index is -5.14. The van der Waals surface area contributed by atoms with E-state index in [0.717, 1.165) is 6.07 Å². The SMILES string of the molecule is CCN(C(=O)C(F)(F)F)c1c(Br)cc(OC)cc1[N+](=O)[O-]. The summed E-state index contributed by atoms with van der Waals surface area (Å²) in [5, 5.41) is 11.0. The Morgan fingerprint density at radius 1 is 1.48 bits per heavy atom. The summed E-state index contributed by atoms with van der Waals surface area (Å²) in [5.41, 5.74) is -1.13. The second-order valence-electron chi connectivity index (χ2n) is 3.78. The van der Waals surface area contributed by atoms with Gasteiger partial charge in [0.15, 0.2) is 0 Å². The van der Waals surface area contributed by atoms with Crippen LogP contribution in [0.15, 0.2) is 16.6 Å². The molecule has 21 heavy (non-hydrogen) atoms. The first-order valence-corrected chi connectivity index (χ1v) is 6.33. The average molecular weight is 371 g/mol. The fourth-order valence-corrected chi connectivity index (χ4v) is 2.28. The molecule has 0 radical (unpaired) electrons. The van der Waals surface area contributed by atoms with Gasteiger partial charge in [-0.3, -0.25) is 19.8 Å². The number of amides is 1. The molecule has 1 amide bonds. The van der Waals surface area contributed by atoms with Crippen molar-refractivity contribution in [1.29, 1.82) is 0 Å². The van der Waals surface area contributed by atoms with Gasteiger partial charge in [-0.1, -0.05) is 0 Å². The highest BCUT2D eigenvalue weighted by Crippen LogP contribution is 2.40. The Morgan fingerprint density at radius 2 is 2.05 bits per heavy atom. The molecule has 0 heterocycles. The van der Waals surface area contributed by atoms with Crippen molar-refractivity contribution < 1.29 is 27.6 Å². The van der Waals surface area contributed by atoms with Gasteiger partial charge >= 0.3 is 12.1 Å². The lowest BCUT2D eigenvalue weighted by molar-refractivity contribution is -0.384. The standard InChI is InChI=1S/C11H10BrF3N2O4/c1-3-16(10(18)11(13,14)15)9-7(12)4-6(21-2)5-8(9)17(19)20/h4-5H,3H2,1-2H3. The third-order valence-corrected chi connectivity index (χ3v) is 3.13. The third-order valence-electron chi connectivity index (χ3n) is 2.52. The van der Waals surface area contributed by atoms with E-state index in [4.69, 9.17) is 4.74 Å². The van der Waals surface area contributed by atoms with Gasteiger partial charge in [0.2, 0.25) is 0 Å². The van der Waals surface area contributed by atoms with E-state index in [2.05, 4.69) is 15.9 Å². The Hall–Kier alpha value is -1.84. The minimum absolute atomic E-state index is 0.0481. The predicted octanol–water partition coefficient (Wildman–Crippen LogP) is 3.28. The second-order valence-corrected chi connectivity index (χ2v) is 4.64. The van der Waals surface area contributed by atoms with E-state index < -0.39 is 28.4 Å². The van der Waals surface area contributed by atoms with Crippen molar-refractivity contribution in [3.63, 3.8) is 0 Å². The molecule has 0 aliphatic carbocycles. The van der Waals surface area contributed by atoms with Crippen molar-refractivity contribution >= 4 is 33.2 Å². The maximum atomic E-state index is 12.6. The highest BCUT2D eigenvalue weighted by molar-refractivity contribution is 9.10. The van der Waals surface area contributed by atoms with Crippen LogP contribution < -0.4 is 9.64 Å². The van der Waals surface area contributed by atoms with E-state index in [9.17, 15) is 28.1 Å². The number of methoxy groups -OCH3 is 1. The molecule has 116 valence electrons. The Labute approximate surface area is 125 Å². The maximum absolute atomic E-state index is 12.6. The summed E-state index contributed by atoms with van der Waals surface area (Å²) in [4.78, 5) is 21.9. The normalized spacial score (nSPS) is 11.1. The summed E-state index contributed by atoms with van der Waals surface area (Å²) >= 11 is 2.94. The molecule has 0 spiro atoms. The van der Waals surface area contributed by atoms with Crippen LogP contribution in [0.3, 0.4) is 0 Å². The van der Waals surface area contributed by atoms with Gasteiger partial charge in [0, 0.05) is 6.54 Å². The molecule has 0 fully saturated rings. The van der Waals surface area contributed by atoms with Crippen LogP contribution in [0.4, 0.5) is 24.5 Å². The van der Waals surface area contributed by atoms with Gasteiger partial charge < -0.3 is 4.74 Å². The highest BCUT2D eigenvalue weighted by atomic mass is 79.9. The van der Waals surface area contributed by atoms with Crippen LogP contribution in [-0.2, 0) is 4.79 Å². The Morgan fingerprint density at radius 3 is 2.43 bits per heavy atom. The number of alkyl halides is 3. The molecule has 1 rings (SSSR count). The molecule has 0 saturated carbocycles. The fraction of sp³-hybridized carbons (Fsp3) is 0.364. The van der Waals surface area contributed by atoms with Crippen molar-refractivity contribution in [3.8, 4) is 5.75 Å². The first-order valence-electron chi connectivity index (χ1n) is 5.54. The molecule has 0 unspecified atom stereocenters. The zero-order valence-corrected chi connectivity index (χ0v) is 12.5. The van der Waals surface area contributed by atoms with Crippen molar-refractivity contribution in [3.05, 3.63) is 26.7 Å². The quantitative estimate of drug-likeness (QED) is 0.602. The maximum Gasteiger partial charge on any atom is 0.471 e. The lowest BCUT2D eigenvalue weighted by Crippen LogP contribution is -2.41. The fourth-order valence-electron chi connectivity index (χ4n) is 1.64. The first kappa shape index (κ1) is 17.2. The van der Waals surface area contributed by atoms with E-state index in [0.29, 0.717) is 4.90 Å². The number of hydrogen-bond acceptors (Lipinski definition) is 4. The molecule has 1 aromatic rings. The summed E-state index contributed by atoms with van der Waals surface area (Å²) in [6.07, 6.45) is -5.14. The molecular weight excluding hydrogens is 361 g/mol. The molecule has 0 aliphatic heterocycles. The minimum Gasteiger partial charge on any atom is -0.496 e. The summed E-state index contributed by atoms with van der Waals surface area (Å²) in [6, 6.07) is 2.20. The molecule has 1 aromatic carbocycles. The van der Waals surface area contributed by atoms with Gasteiger partial charge in [-0.05, 0) is 28.9 Å². The lowest BCUT2D eigenvalue weighted by atomic mass is 10.2. The summed E-state index contributed by atoms with van der Waals surface area (Å²) < 4.78 is 42.5. The highest BCUT2D eigenvalue weighted by Gasteiger charge is 2.44. The lowest BCUT2D eigenvalue weighted by Gasteiger charge is -2.23. The zero-order chi connectivity index (χ0) is 16.4. The monoisotopic (exact) mass is 370 g/mol. The number of hydrogen-bond donors (Lipinski definition) is 0. The number of anilines is 1. The van der Waals surface area contributed by atoms with Crippen LogP contribution in [0.2, 0.25) is 0 Å².